The molecule has 24 heavy (non-hydrogen) atoms. The van der Waals surface area contributed by atoms with Gasteiger partial charge in [0.15, 0.2) is 0 Å². The Balaban J connectivity index is 1.94. The van der Waals surface area contributed by atoms with Gasteiger partial charge < -0.3 is 14.6 Å². The zero-order valence-electron chi connectivity index (χ0n) is 13.6. The molecule has 0 aliphatic carbocycles. The van der Waals surface area contributed by atoms with Gasteiger partial charge in [-0.05, 0) is 42.8 Å². The van der Waals surface area contributed by atoms with Crippen LogP contribution in [0.5, 0.6) is 11.5 Å². The molecule has 0 spiro atoms. The average Bonchev–Trinajstić information content (AvgIpc) is 2.62. The summed E-state index contributed by atoms with van der Waals surface area (Å²) in [5.74, 6) is -0.111. The molecule has 3 aromatic rings. The Hall–Kier alpha value is -2.78. The molecule has 0 fully saturated rings. The third-order valence-electron chi connectivity index (χ3n) is 4.46. The van der Waals surface area contributed by atoms with Gasteiger partial charge in [-0.2, -0.15) is 0 Å². The molecule has 0 amide bonds. The van der Waals surface area contributed by atoms with E-state index in [1.807, 2.05) is 67.6 Å². The predicted molar refractivity (Wildman–Crippen MR) is 93.2 cm³/mol. The zero-order valence-corrected chi connectivity index (χ0v) is 13.6. The molecule has 1 unspecified atom stereocenters. The molecule has 1 aliphatic rings. The number of hydrogen-bond donors (Lipinski definition) is 1. The molecule has 3 heteroatoms. The van der Waals surface area contributed by atoms with Gasteiger partial charge in [-0.15, -0.1) is 0 Å². The van der Waals surface area contributed by atoms with E-state index >= 15 is 0 Å². The van der Waals surface area contributed by atoms with E-state index < -0.39 is 5.79 Å². The highest BCUT2D eigenvalue weighted by Crippen LogP contribution is 2.47. The van der Waals surface area contributed by atoms with Crippen LogP contribution < -0.4 is 9.47 Å². The summed E-state index contributed by atoms with van der Waals surface area (Å²) in [6, 6.07) is 21.1. The van der Waals surface area contributed by atoms with Crippen molar-refractivity contribution in [1.82, 2.24) is 0 Å². The number of benzene rings is 3. The van der Waals surface area contributed by atoms with Crippen molar-refractivity contribution in [3.05, 3.63) is 83.4 Å². The molecular weight excluding hydrogens is 300 g/mol. The highest BCUT2D eigenvalue weighted by atomic mass is 16.6. The summed E-state index contributed by atoms with van der Waals surface area (Å²) < 4.78 is 11.3. The van der Waals surface area contributed by atoms with Crippen LogP contribution in [0.25, 0.3) is 11.1 Å². The molecule has 0 radical (unpaired) electrons. The van der Waals surface area contributed by atoms with E-state index in [2.05, 4.69) is 6.07 Å². The van der Waals surface area contributed by atoms with Gasteiger partial charge in [-0.25, -0.2) is 0 Å². The van der Waals surface area contributed by atoms with Gasteiger partial charge >= 0.3 is 0 Å². The maximum atomic E-state index is 11.4. The smallest absolute Gasteiger partial charge is 0.262 e. The fourth-order valence-corrected chi connectivity index (χ4v) is 3.20. The number of aliphatic hydroxyl groups is 1. The lowest BCUT2D eigenvalue weighted by Gasteiger charge is -2.36. The van der Waals surface area contributed by atoms with Gasteiger partial charge in [0.05, 0.1) is 7.11 Å². The van der Waals surface area contributed by atoms with E-state index in [4.69, 9.17) is 9.47 Å². The van der Waals surface area contributed by atoms with Crippen molar-refractivity contribution < 1.29 is 14.6 Å². The molecule has 3 nitrogen and oxygen atoms in total. The Kier molecular flexibility index (Phi) is 3.32. The van der Waals surface area contributed by atoms with Crippen molar-refractivity contribution in [3.8, 4) is 22.6 Å². The van der Waals surface area contributed by atoms with E-state index in [9.17, 15) is 5.11 Å². The van der Waals surface area contributed by atoms with Crippen LogP contribution in [0.3, 0.4) is 0 Å². The molecular formula is C21H18O3. The lowest BCUT2D eigenvalue weighted by atomic mass is 9.86. The van der Waals surface area contributed by atoms with Gasteiger partial charge in [0, 0.05) is 16.7 Å². The van der Waals surface area contributed by atoms with Crippen molar-refractivity contribution >= 4 is 0 Å². The fraction of sp³-hybridized carbons (Fsp3) is 0.143. The van der Waals surface area contributed by atoms with Crippen LogP contribution >= 0.6 is 0 Å². The van der Waals surface area contributed by atoms with Gasteiger partial charge in [-0.3, -0.25) is 0 Å². The molecule has 1 aliphatic heterocycles. The van der Waals surface area contributed by atoms with E-state index in [0.29, 0.717) is 11.3 Å². The molecule has 0 aromatic heterocycles. The number of ether oxygens (including phenoxy) is 2. The van der Waals surface area contributed by atoms with Crippen molar-refractivity contribution in [3.63, 3.8) is 0 Å². The van der Waals surface area contributed by atoms with Crippen molar-refractivity contribution in [2.45, 2.75) is 12.7 Å². The highest BCUT2D eigenvalue weighted by molar-refractivity contribution is 5.77. The quantitative estimate of drug-likeness (QED) is 0.767. The highest BCUT2D eigenvalue weighted by Gasteiger charge is 2.40. The Labute approximate surface area is 141 Å². The number of aryl methyl sites for hydroxylation is 1. The molecule has 120 valence electrons. The number of fused-ring (bicyclic) bond motifs is 3. The van der Waals surface area contributed by atoms with Gasteiger partial charge in [0.1, 0.15) is 11.5 Å². The summed E-state index contributed by atoms with van der Waals surface area (Å²) in [6.07, 6.45) is 0. The summed E-state index contributed by atoms with van der Waals surface area (Å²) in [4.78, 5) is 0. The van der Waals surface area contributed by atoms with E-state index in [0.717, 1.165) is 28.0 Å². The summed E-state index contributed by atoms with van der Waals surface area (Å²) in [6.45, 7) is 2.05. The first-order chi connectivity index (χ1) is 11.6. The fourth-order valence-electron chi connectivity index (χ4n) is 3.20. The SMILES string of the molecule is COc1ccc(C2(O)Oc3ccccc3-c3cc(C)ccc32)cc1. The minimum atomic E-state index is -1.52. The molecule has 0 bridgehead atoms. The maximum Gasteiger partial charge on any atom is 0.262 e. The molecule has 4 rings (SSSR count). The maximum absolute atomic E-state index is 11.4. The summed E-state index contributed by atoms with van der Waals surface area (Å²) in [5.41, 5.74) is 4.55. The first kappa shape index (κ1) is 14.8. The molecule has 1 heterocycles. The zero-order chi connectivity index (χ0) is 16.7. The molecule has 3 aromatic carbocycles. The minimum absolute atomic E-state index is 0.669. The van der Waals surface area contributed by atoms with E-state index in [1.54, 1.807) is 7.11 Å². The van der Waals surface area contributed by atoms with Crippen molar-refractivity contribution in [1.29, 1.82) is 0 Å². The second-order valence-electron chi connectivity index (χ2n) is 6.02. The van der Waals surface area contributed by atoms with Crippen LogP contribution in [0.15, 0.2) is 66.7 Å². The van der Waals surface area contributed by atoms with Crippen LogP contribution in [0, 0.1) is 6.92 Å². The Morgan fingerprint density at radius 2 is 1.67 bits per heavy atom. The second kappa shape index (κ2) is 5.39. The van der Waals surface area contributed by atoms with E-state index in [-0.39, 0.29) is 0 Å². The van der Waals surface area contributed by atoms with Crippen LogP contribution in [0.2, 0.25) is 0 Å². The lowest BCUT2D eigenvalue weighted by molar-refractivity contribution is -0.110. The second-order valence-corrected chi connectivity index (χ2v) is 6.02. The monoisotopic (exact) mass is 318 g/mol. The summed E-state index contributed by atoms with van der Waals surface area (Å²) in [5, 5.41) is 11.4. The Morgan fingerprint density at radius 1 is 0.917 bits per heavy atom. The van der Waals surface area contributed by atoms with Gasteiger partial charge in [-0.1, -0.05) is 42.0 Å². The van der Waals surface area contributed by atoms with Crippen molar-refractivity contribution in [2.75, 3.05) is 7.11 Å². The van der Waals surface area contributed by atoms with Crippen LogP contribution in [0.4, 0.5) is 0 Å². The number of rotatable bonds is 2. The predicted octanol–water partition coefficient (Wildman–Crippen LogP) is 4.26. The summed E-state index contributed by atoms with van der Waals surface area (Å²) >= 11 is 0. The topological polar surface area (TPSA) is 38.7 Å². The number of para-hydroxylation sites is 1. The van der Waals surface area contributed by atoms with Crippen molar-refractivity contribution in [2.24, 2.45) is 0 Å². The first-order valence-electron chi connectivity index (χ1n) is 7.88. The van der Waals surface area contributed by atoms with Crippen LogP contribution in [-0.2, 0) is 5.79 Å². The molecule has 0 saturated carbocycles. The number of hydrogen-bond acceptors (Lipinski definition) is 3. The van der Waals surface area contributed by atoms with Gasteiger partial charge in [0.25, 0.3) is 5.79 Å². The average molecular weight is 318 g/mol. The molecule has 1 N–H and O–H groups in total. The molecule has 0 saturated heterocycles. The third-order valence-corrected chi connectivity index (χ3v) is 4.46. The number of methoxy groups -OCH3 is 1. The Bertz CT molecular complexity index is 899. The third kappa shape index (κ3) is 2.17. The van der Waals surface area contributed by atoms with E-state index in [1.165, 1.54) is 0 Å². The van der Waals surface area contributed by atoms with Crippen LogP contribution in [0.1, 0.15) is 16.7 Å². The largest absolute Gasteiger partial charge is 0.497 e. The first-order valence-corrected chi connectivity index (χ1v) is 7.88. The van der Waals surface area contributed by atoms with Gasteiger partial charge in [0.2, 0.25) is 0 Å². The summed E-state index contributed by atoms with van der Waals surface area (Å²) in [7, 11) is 1.62. The normalized spacial score (nSPS) is 18.3. The minimum Gasteiger partial charge on any atom is -0.497 e. The lowest BCUT2D eigenvalue weighted by Crippen LogP contribution is -2.37. The Morgan fingerprint density at radius 3 is 2.42 bits per heavy atom. The molecule has 1 atom stereocenters. The standard InChI is InChI=1S/C21H18O3/c1-14-7-12-19-18(13-14)17-5-3-4-6-20(17)24-21(19,22)15-8-10-16(23-2)11-9-15/h3-13,22H,1-2H3. The van der Waals surface area contributed by atoms with Crippen LogP contribution in [-0.4, -0.2) is 12.2 Å².